The molecule has 0 aromatic heterocycles. The van der Waals surface area contributed by atoms with Gasteiger partial charge in [0.05, 0.1) is 7.11 Å². The molecule has 6 nitrogen and oxygen atoms in total. The summed E-state index contributed by atoms with van der Waals surface area (Å²) in [5.41, 5.74) is 2.59. The van der Waals surface area contributed by atoms with E-state index < -0.39 is 24.0 Å². The van der Waals surface area contributed by atoms with Crippen LogP contribution in [0.3, 0.4) is 0 Å². The summed E-state index contributed by atoms with van der Waals surface area (Å²) in [6.07, 6.45) is -0.574. The molecule has 0 aliphatic carbocycles. The Hall–Kier alpha value is -3.64. The van der Waals surface area contributed by atoms with Gasteiger partial charge in [-0.05, 0) is 28.8 Å². The number of nitrogens with one attached hydrogen (secondary N) is 1. The van der Waals surface area contributed by atoms with E-state index in [1.54, 1.807) is 12.1 Å². The largest absolute Gasteiger partial charge is 0.489 e. The molecule has 0 radical (unpaired) electrons. The molecule has 0 spiro atoms. The van der Waals surface area contributed by atoms with E-state index in [2.05, 4.69) is 5.32 Å². The summed E-state index contributed by atoms with van der Waals surface area (Å²) in [4.78, 5) is 25.2. The summed E-state index contributed by atoms with van der Waals surface area (Å²) in [5, 5.41) is 2.76. The molecule has 0 aliphatic rings. The molecule has 166 valence electrons. The van der Waals surface area contributed by atoms with Crippen molar-refractivity contribution in [3.8, 4) is 5.75 Å². The topological polar surface area (TPSA) is 73.9 Å². The standard InChI is InChI=1S/C26H27NO5/c1-30-24(21-13-7-4-8-14-21)25(28)27-23(26(29)31-2)17-20-12-9-15-22(16-20)32-18-19-10-5-3-6-11-19/h3-16,23-24H,17-18H2,1-2H3,(H,27,28)/t23-,24-/m1/s1. The predicted molar refractivity (Wildman–Crippen MR) is 121 cm³/mol. The maximum Gasteiger partial charge on any atom is 0.328 e. The smallest absolute Gasteiger partial charge is 0.328 e. The Morgan fingerprint density at radius 1 is 0.844 bits per heavy atom. The van der Waals surface area contributed by atoms with E-state index in [9.17, 15) is 9.59 Å². The summed E-state index contributed by atoms with van der Waals surface area (Å²) >= 11 is 0. The number of carbonyl (C=O) groups excluding carboxylic acids is 2. The van der Waals surface area contributed by atoms with Crippen LogP contribution in [0.4, 0.5) is 0 Å². The molecular weight excluding hydrogens is 406 g/mol. The Balaban J connectivity index is 1.69. The van der Waals surface area contributed by atoms with Crippen molar-refractivity contribution in [3.05, 3.63) is 102 Å². The molecule has 3 aromatic rings. The first-order valence-electron chi connectivity index (χ1n) is 10.3. The Bertz CT molecular complexity index is 1010. The molecule has 3 aromatic carbocycles. The zero-order chi connectivity index (χ0) is 22.8. The van der Waals surface area contributed by atoms with Gasteiger partial charge in [-0.3, -0.25) is 4.79 Å². The average molecular weight is 434 g/mol. The minimum atomic E-state index is -0.863. The van der Waals surface area contributed by atoms with Crippen molar-refractivity contribution in [1.29, 1.82) is 0 Å². The lowest BCUT2D eigenvalue weighted by atomic mass is 10.0. The third-order valence-corrected chi connectivity index (χ3v) is 4.96. The van der Waals surface area contributed by atoms with Crippen LogP contribution >= 0.6 is 0 Å². The number of esters is 1. The molecule has 1 amide bonds. The van der Waals surface area contributed by atoms with Crippen LogP contribution in [0.5, 0.6) is 5.75 Å². The van der Waals surface area contributed by atoms with E-state index in [4.69, 9.17) is 14.2 Å². The zero-order valence-electron chi connectivity index (χ0n) is 18.2. The monoisotopic (exact) mass is 433 g/mol. The molecule has 0 unspecified atom stereocenters. The maximum absolute atomic E-state index is 12.9. The quantitative estimate of drug-likeness (QED) is 0.492. The van der Waals surface area contributed by atoms with Gasteiger partial charge in [0.15, 0.2) is 6.10 Å². The number of rotatable bonds is 10. The third kappa shape index (κ3) is 6.43. The summed E-state index contributed by atoms with van der Waals surface area (Å²) < 4.78 is 16.2. The van der Waals surface area contributed by atoms with Crippen LogP contribution in [0.15, 0.2) is 84.9 Å². The van der Waals surface area contributed by atoms with E-state index in [-0.39, 0.29) is 6.42 Å². The van der Waals surface area contributed by atoms with Crippen LogP contribution in [0.2, 0.25) is 0 Å². The van der Waals surface area contributed by atoms with Gasteiger partial charge in [-0.15, -0.1) is 0 Å². The van der Waals surface area contributed by atoms with Gasteiger partial charge < -0.3 is 19.5 Å². The Morgan fingerprint density at radius 3 is 2.16 bits per heavy atom. The summed E-state index contributed by atoms with van der Waals surface area (Å²) in [7, 11) is 2.75. The van der Waals surface area contributed by atoms with Gasteiger partial charge in [0, 0.05) is 13.5 Å². The second kappa shape index (κ2) is 11.7. The fourth-order valence-corrected chi connectivity index (χ4v) is 3.34. The Kier molecular flexibility index (Phi) is 8.40. The molecule has 32 heavy (non-hydrogen) atoms. The lowest BCUT2D eigenvalue weighted by Crippen LogP contribution is -2.45. The van der Waals surface area contributed by atoms with Gasteiger partial charge >= 0.3 is 5.97 Å². The number of methoxy groups -OCH3 is 2. The van der Waals surface area contributed by atoms with Gasteiger partial charge in [0.25, 0.3) is 5.91 Å². The first-order valence-corrected chi connectivity index (χ1v) is 10.3. The first-order chi connectivity index (χ1) is 15.6. The summed E-state index contributed by atoms with van der Waals surface area (Å²) in [6, 6.07) is 25.6. The third-order valence-electron chi connectivity index (χ3n) is 4.96. The number of hydrogen-bond acceptors (Lipinski definition) is 5. The van der Waals surface area contributed by atoms with Crippen LogP contribution in [0.25, 0.3) is 0 Å². The lowest BCUT2D eigenvalue weighted by molar-refractivity contribution is -0.146. The highest BCUT2D eigenvalue weighted by Gasteiger charge is 2.27. The van der Waals surface area contributed by atoms with Crippen LogP contribution in [-0.2, 0) is 32.1 Å². The molecule has 0 heterocycles. The molecule has 6 heteroatoms. The van der Waals surface area contributed by atoms with Crippen molar-refractivity contribution in [2.75, 3.05) is 14.2 Å². The SMILES string of the molecule is COC(=O)[C@@H](Cc1cccc(OCc2ccccc2)c1)NC(=O)[C@H](OC)c1ccccc1. The second-order valence-electron chi connectivity index (χ2n) is 7.24. The summed E-state index contributed by atoms with van der Waals surface area (Å²) in [5.74, 6) is -0.261. The predicted octanol–water partition coefficient (Wildman–Crippen LogP) is 3.85. The van der Waals surface area contributed by atoms with Crippen LogP contribution in [0.1, 0.15) is 22.8 Å². The van der Waals surface area contributed by atoms with E-state index in [0.29, 0.717) is 17.9 Å². The van der Waals surface area contributed by atoms with Crippen molar-refractivity contribution in [2.45, 2.75) is 25.2 Å². The maximum atomic E-state index is 12.9. The highest BCUT2D eigenvalue weighted by molar-refractivity contribution is 5.87. The molecule has 0 aliphatic heterocycles. The normalized spacial score (nSPS) is 12.4. The van der Waals surface area contributed by atoms with Crippen molar-refractivity contribution < 1.29 is 23.8 Å². The zero-order valence-corrected chi connectivity index (χ0v) is 18.2. The molecule has 2 atom stereocenters. The molecule has 0 bridgehead atoms. The molecular formula is C26H27NO5. The van der Waals surface area contributed by atoms with Crippen LogP contribution in [0, 0.1) is 0 Å². The van der Waals surface area contributed by atoms with E-state index in [0.717, 1.165) is 11.1 Å². The molecule has 1 N–H and O–H groups in total. The second-order valence-corrected chi connectivity index (χ2v) is 7.24. The fourth-order valence-electron chi connectivity index (χ4n) is 3.34. The van der Waals surface area contributed by atoms with Gasteiger partial charge in [0.1, 0.15) is 18.4 Å². The number of ether oxygens (including phenoxy) is 3. The number of amides is 1. The Labute approximate surface area is 188 Å². The van der Waals surface area contributed by atoms with Crippen molar-refractivity contribution >= 4 is 11.9 Å². The summed E-state index contributed by atoms with van der Waals surface area (Å²) in [6.45, 7) is 0.439. The van der Waals surface area contributed by atoms with Gasteiger partial charge in [-0.1, -0.05) is 72.8 Å². The number of carbonyl (C=O) groups is 2. The van der Waals surface area contributed by atoms with Gasteiger partial charge in [0.2, 0.25) is 0 Å². The lowest BCUT2D eigenvalue weighted by Gasteiger charge is -2.21. The molecule has 0 saturated heterocycles. The van der Waals surface area contributed by atoms with Crippen LogP contribution in [-0.4, -0.2) is 32.1 Å². The molecule has 0 saturated carbocycles. The number of hydrogen-bond donors (Lipinski definition) is 1. The van der Waals surface area contributed by atoms with E-state index in [1.807, 2.05) is 72.8 Å². The number of benzene rings is 3. The molecule has 0 fully saturated rings. The highest BCUT2D eigenvalue weighted by atomic mass is 16.5. The van der Waals surface area contributed by atoms with E-state index >= 15 is 0 Å². The average Bonchev–Trinajstić information content (AvgIpc) is 2.84. The van der Waals surface area contributed by atoms with Crippen molar-refractivity contribution in [2.24, 2.45) is 0 Å². The highest BCUT2D eigenvalue weighted by Crippen LogP contribution is 2.19. The molecule has 3 rings (SSSR count). The minimum absolute atomic E-state index is 0.256. The van der Waals surface area contributed by atoms with E-state index in [1.165, 1.54) is 14.2 Å². The van der Waals surface area contributed by atoms with Gasteiger partial charge in [-0.25, -0.2) is 4.79 Å². The van der Waals surface area contributed by atoms with Crippen molar-refractivity contribution in [3.63, 3.8) is 0 Å². The fraction of sp³-hybridized carbons (Fsp3) is 0.231. The van der Waals surface area contributed by atoms with Crippen molar-refractivity contribution in [1.82, 2.24) is 5.32 Å². The van der Waals surface area contributed by atoms with Crippen LogP contribution < -0.4 is 10.1 Å². The Morgan fingerprint density at radius 2 is 1.50 bits per heavy atom. The van der Waals surface area contributed by atoms with Gasteiger partial charge in [-0.2, -0.15) is 0 Å². The minimum Gasteiger partial charge on any atom is -0.489 e. The first kappa shape index (κ1) is 23.0.